The highest BCUT2D eigenvalue weighted by Crippen LogP contribution is 2.27. The Labute approximate surface area is 110 Å². The van der Waals surface area contributed by atoms with Crippen LogP contribution in [-0.4, -0.2) is 54.5 Å². The first-order chi connectivity index (χ1) is 8.72. The van der Waals surface area contributed by atoms with E-state index in [2.05, 4.69) is 4.90 Å². The van der Waals surface area contributed by atoms with E-state index in [-0.39, 0.29) is 5.91 Å². The summed E-state index contributed by atoms with van der Waals surface area (Å²) in [5.74, 6) is 0.877. The number of carbonyl (C=O) groups excluding carboxylic acids is 1. The van der Waals surface area contributed by atoms with Gasteiger partial charge in [-0.15, -0.1) is 0 Å². The number of piperazine rings is 1. The summed E-state index contributed by atoms with van der Waals surface area (Å²) < 4.78 is 0. The molecule has 2 atom stereocenters. The monoisotopic (exact) mass is 253 g/mol. The average molecular weight is 253 g/mol. The van der Waals surface area contributed by atoms with Crippen LogP contribution in [0.25, 0.3) is 0 Å². The molecule has 104 valence electrons. The first-order valence-corrected chi connectivity index (χ1v) is 7.42. The molecule has 2 fully saturated rings. The van der Waals surface area contributed by atoms with Gasteiger partial charge in [0.15, 0.2) is 0 Å². The lowest BCUT2D eigenvalue weighted by molar-refractivity contribution is -0.131. The van der Waals surface area contributed by atoms with Gasteiger partial charge in [-0.05, 0) is 25.3 Å². The van der Waals surface area contributed by atoms with Crippen LogP contribution >= 0.6 is 0 Å². The van der Waals surface area contributed by atoms with Crippen LogP contribution in [0.1, 0.15) is 39.0 Å². The van der Waals surface area contributed by atoms with Gasteiger partial charge in [0.05, 0.1) is 0 Å². The molecule has 4 heteroatoms. The third-order valence-electron chi connectivity index (χ3n) is 4.65. The number of nitrogens with zero attached hydrogens (tertiary/aromatic N) is 2. The molecule has 0 spiro atoms. The molecule has 0 bridgehead atoms. The van der Waals surface area contributed by atoms with Gasteiger partial charge in [0, 0.05) is 39.1 Å². The van der Waals surface area contributed by atoms with Gasteiger partial charge >= 0.3 is 0 Å². The second kappa shape index (κ2) is 6.53. The van der Waals surface area contributed by atoms with Gasteiger partial charge in [-0.1, -0.05) is 19.3 Å². The highest BCUT2D eigenvalue weighted by atomic mass is 16.2. The topological polar surface area (TPSA) is 49.6 Å². The summed E-state index contributed by atoms with van der Waals surface area (Å²) in [4.78, 5) is 15.9. The zero-order chi connectivity index (χ0) is 13.0. The number of hydrogen-bond donors (Lipinski definition) is 1. The third-order valence-corrected chi connectivity index (χ3v) is 4.65. The largest absolute Gasteiger partial charge is 0.340 e. The van der Waals surface area contributed by atoms with Gasteiger partial charge in [0.25, 0.3) is 0 Å². The lowest BCUT2D eigenvalue weighted by atomic mass is 9.93. The first-order valence-electron chi connectivity index (χ1n) is 7.42. The maximum absolute atomic E-state index is 11.3. The lowest BCUT2D eigenvalue weighted by Crippen LogP contribution is -2.53. The standard InChI is InChI=1S/C14H27N3O/c1-12(18)16-7-9-17(10-8-16)14-6-4-2-3-5-13(14)11-15/h13-14H,2-11,15H2,1H3. The summed E-state index contributed by atoms with van der Waals surface area (Å²) in [6.07, 6.45) is 6.62. The molecule has 0 aromatic heterocycles. The normalized spacial score (nSPS) is 31.1. The van der Waals surface area contributed by atoms with Crippen molar-refractivity contribution < 1.29 is 4.79 Å². The second-order valence-corrected chi connectivity index (χ2v) is 5.74. The Morgan fingerprint density at radius 1 is 1.11 bits per heavy atom. The zero-order valence-electron chi connectivity index (χ0n) is 11.6. The summed E-state index contributed by atoms with van der Waals surface area (Å²) in [6, 6.07) is 0.659. The predicted octanol–water partition coefficient (Wildman–Crippen LogP) is 1.06. The van der Waals surface area contributed by atoms with E-state index < -0.39 is 0 Å². The van der Waals surface area contributed by atoms with Crippen LogP contribution < -0.4 is 5.73 Å². The van der Waals surface area contributed by atoms with Crippen LogP contribution in [0, 0.1) is 5.92 Å². The van der Waals surface area contributed by atoms with Crippen LogP contribution in [0.15, 0.2) is 0 Å². The highest BCUT2D eigenvalue weighted by Gasteiger charge is 2.30. The van der Waals surface area contributed by atoms with E-state index in [1.54, 1.807) is 6.92 Å². The van der Waals surface area contributed by atoms with Crippen molar-refractivity contribution in [2.24, 2.45) is 11.7 Å². The predicted molar refractivity (Wildman–Crippen MR) is 73.2 cm³/mol. The van der Waals surface area contributed by atoms with Gasteiger partial charge in [-0.25, -0.2) is 0 Å². The maximum Gasteiger partial charge on any atom is 0.219 e. The minimum atomic E-state index is 0.214. The SMILES string of the molecule is CC(=O)N1CCN(C2CCCCCC2CN)CC1. The summed E-state index contributed by atoms with van der Waals surface area (Å²) in [5, 5.41) is 0. The van der Waals surface area contributed by atoms with Gasteiger partial charge in [0.2, 0.25) is 5.91 Å². The smallest absolute Gasteiger partial charge is 0.219 e. The lowest BCUT2D eigenvalue weighted by Gasteiger charge is -2.41. The Morgan fingerprint density at radius 2 is 1.78 bits per heavy atom. The Balaban J connectivity index is 1.91. The molecule has 2 rings (SSSR count). The van der Waals surface area contributed by atoms with E-state index in [0.29, 0.717) is 12.0 Å². The second-order valence-electron chi connectivity index (χ2n) is 5.74. The van der Waals surface area contributed by atoms with Crippen LogP contribution in [0.2, 0.25) is 0 Å². The molecule has 1 amide bonds. The average Bonchev–Trinajstić information content (AvgIpc) is 2.63. The van der Waals surface area contributed by atoms with Crippen LogP contribution in [0.4, 0.5) is 0 Å². The van der Waals surface area contributed by atoms with E-state index in [0.717, 1.165) is 32.7 Å². The van der Waals surface area contributed by atoms with Crippen molar-refractivity contribution >= 4 is 5.91 Å². The minimum Gasteiger partial charge on any atom is -0.340 e. The number of nitrogens with two attached hydrogens (primary N) is 1. The first kappa shape index (κ1) is 13.8. The molecule has 0 aromatic carbocycles. The number of carbonyl (C=O) groups is 1. The van der Waals surface area contributed by atoms with E-state index in [4.69, 9.17) is 5.73 Å². The van der Waals surface area contributed by atoms with Crippen molar-refractivity contribution in [2.45, 2.75) is 45.1 Å². The third kappa shape index (κ3) is 3.23. The summed E-state index contributed by atoms with van der Waals surface area (Å²) in [7, 11) is 0. The van der Waals surface area contributed by atoms with E-state index in [9.17, 15) is 4.79 Å². The molecule has 2 N–H and O–H groups in total. The Morgan fingerprint density at radius 3 is 2.39 bits per heavy atom. The van der Waals surface area contributed by atoms with Crippen molar-refractivity contribution in [2.75, 3.05) is 32.7 Å². The molecule has 0 radical (unpaired) electrons. The number of amides is 1. The summed E-state index contributed by atoms with van der Waals surface area (Å²) in [5.41, 5.74) is 5.95. The van der Waals surface area contributed by atoms with E-state index in [1.165, 1.54) is 32.1 Å². The molecule has 1 heterocycles. The molecule has 1 aliphatic heterocycles. The van der Waals surface area contributed by atoms with Gasteiger partial charge in [-0.3, -0.25) is 9.69 Å². The van der Waals surface area contributed by atoms with Gasteiger partial charge in [0.1, 0.15) is 0 Å². The van der Waals surface area contributed by atoms with Crippen LogP contribution in [0.5, 0.6) is 0 Å². The van der Waals surface area contributed by atoms with E-state index in [1.807, 2.05) is 4.90 Å². The molecular weight excluding hydrogens is 226 g/mol. The van der Waals surface area contributed by atoms with Crippen LogP contribution in [0.3, 0.4) is 0 Å². The maximum atomic E-state index is 11.3. The molecule has 2 unspecified atom stereocenters. The van der Waals surface area contributed by atoms with Crippen molar-refractivity contribution in [3.63, 3.8) is 0 Å². The molecule has 4 nitrogen and oxygen atoms in total. The number of rotatable bonds is 2. The molecule has 1 saturated heterocycles. The molecule has 0 aromatic rings. The Kier molecular flexibility index (Phi) is 5.01. The number of hydrogen-bond acceptors (Lipinski definition) is 3. The minimum absolute atomic E-state index is 0.214. The molecule has 1 saturated carbocycles. The van der Waals surface area contributed by atoms with Gasteiger partial charge in [-0.2, -0.15) is 0 Å². The summed E-state index contributed by atoms with van der Waals surface area (Å²) in [6.45, 7) is 6.33. The van der Waals surface area contributed by atoms with Crippen molar-refractivity contribution in [3.8, 4) is 0 Å². The van der Waals surface area contributed by atoms with Crippen molar-refractivity contribution in [3.05, 3.63) is 0 Å². The molecule has 18 heavy (non-hydrogen) atoms. The highest BCUT2D eigenvalue weighted by molar-refractivity contribution is 5.73. The van der Waals surface area contributed by atoms with Gasteiger partial charge < -0.3 is 10.6 Å². The van der Waals surface area contributed by atoms with E-state index >= 15 is 0 Å². The fraction of sp³-hybridized carbons (Fsp3) is 0.929. The Bertz CT molecular complexity index is 274. The zero-order valence-corrected chi connectivity index (χ0v) is 11.6. The fourth-order valence-electron chi connectivity index (χ4n) is 3.49. The Hall–Kier alpha value is -0.610. The van der Waals surface area contributed by atoms with Crippen LogP contribution in [-0.2, 0) is 4.79 Å². The molecule has 2 aliphatic rings. The molecular formula is C14H27N3O. The fourth-order valence-corrected chi connectivity index (χ4v) is 3.49. The van der Waals surface area contributed by atoms with Crippen molar-refractivity contribution in [1.29, 1.82) is 0 Å². The van der Waals surface area contributed by atoms with Crippen molar-refractivity contribution in [1.82, 2.24) is 9.80 Å². The molecule has 1 aliphatic carbocycles. The quantitative estimate of drug-likeness (QED) is 0.749. The summed E-state index contributed by atoms with van der Waals surface area (Å²) >= 11 is 0.